The molecule has 4 rings (SSSR count). The first kappa shape index (κ1) is 28.6. The Balaban J connectivity index is 1.66. The average molecular weight is 577 g/mol. The van der Waals surface area contributed by atoms with Crippen LogP contribution in [0.5, 0.6) is 11.5 Å². The van der Waals surface area contributed by atoms with Crippen LogP contribution in [0.2, 0.25) is 0 Å². The van der Waals surface area contributed by atoms with Gasteiger partial charge in [0.15, 0.2) is 11.5 Å². The van der Waals surface area contributed by atoms with E-state index in [2.05, 4.69) is 16.3 Å². The fourth-order valence-corrected chi connectivity index (χ4v) is 4.42. The maximum atomic E-state index is 13.2. The number of carbonyl (C=O) groups is 1. The first-order valence-electron chi connectivity index (χ1n) is 12.4. The van der Waals surface area contributed by atoms with Crippen LogP contribution in [0.25, 0.3) is 11.0 Å². The van der Waals surface area contributed by atoms with Crippen molar-refractivity contribution in [1.82, 2.24) is 9.55 Å². The van der Waals surface area contributed by atoms with Gasteiger partial charge in [-0.3, -0.25) is 4.79 Å². The molecule has 3 aromatic rings. The van der Waals surface area contributed by atoms with Crippen LogP contribution in [0.3, 0.4) is 0 Å². The molecular weight excluding hydrogens is 549 g/mol. The molecule has 1 aromatic heterocycles. The first-order valence-corrected chi connectivity index (χ1v) is 13.2. The molecule has 0 N–H and O–H groups in total. The maximum absolute atomic E-state index is 13.2. The van der Waals surface area contributed by atoms with Crippen LogP contribution in [0.1, 0.15) is 37.9 Å². The summed E-state index contributed by atoms with van der Waals surface area (Å²) in [6.07, 6.45) is 5.94. The molecule has 0 aliphatic heterocycles. The van der Waals surface area contributed by atoms with E-state index < -0.39 is 18.7 Å². The van der Waals surface area contributed by atoms with Crippen molar-refractivity contribution in [2.75, 3.05) is 6.61 Å². The highest BCUT2D eigenvalue weighted by Crippen LogP contribution is 2.39. The molecule has 2 aromatic carbocycles. The van der Waals surface area contributed by atoms with Crippen molar-refractivity contribution < 1.29 is 27.8 Å². The van der Waals surface area contributed by atoms with Crippen LogP contribution in [-0.2, 0) is 16.1 Å². The molecule has 1 aliphatic rings. The summed E-state index contributed by atoms with van der Waals surface area (Å²) in [5.41, 5.74) is 2.53. The molecule has 0 bridgehead atoms. The summed E-state index contributed by atoms with van der Waals surface area (Å²) in [5.74, 6) is -0.127. The van der Waals surface area contributed by atoms with Crippen molar-refractivity contribution in [2.24, 2.45) is 5.92 Å². The molecule has 0 saturated heterocycles. The van der Waals surface area contributed by atoms with E-state index in [1.54, 1.807) is 36.0 Å². The Morgan fingerprint density at radius 3 is 2.67 bits per heavy atom. The van der Waals surface area contributed by atoms with E-state index >= 15 is 0 Å². The number of imidazole rings is 1. The number of fused-ring (bicyclic) bond motifs is 1. The highest BCUT2D eigenvalue weighted by atomic mass is 35.5. The number of allylic oxidation sites excluding steroid dienone is 4. The number of benzene rings is 2. The van der Waals surface area contributed by atoms with Crippen LogP contribution in [-0.4, -0.2) is 28.7 Å². The van der Waals surface area contributed by atoms with Crippen molar-refractivity contribution in [3.05, 3.63) is 88.7 Å². The first-order chi connectivity index (χ1) is 18.8. The molecule has 0 radical (unpaired) electrons. The van der Waals surface area contributed by atoms with E-state index in [0.717, 1.165) is 23.9 Å². The number of alkyl halides is 2. The SMILES string of the molecule is C=C/C(Cl)=C(C[C@H](OC(=O)Cn1cnc2ccccc21)c1ccc(OC(F)F)c(OCC2CC2)c1)\C(Cl)=C/C. The summed E-state index contributed by atoms with van der Waals surface area (Å²) >= 11 is 12.9. The number of para-hydroxylation sites is 2. The maximum Gasteiger partial charge on any atom is 0.387 e. The zero-order valence-electron chi connectivity index (χ0n) is 21.3. The van der Waals surface area contributed by atoms with Crippen LogP contribution < -0.4 is 9.47 Å². The highest BCUT2D eigenvalue weighted by Gasteiger charge is 2.26. The van der Waals surface area contributed by atoms with Gasteiger partial charge in [-0.05, 0) is 61.1 Å². The molecule has 0 unspecified atom stereocenters. The lowest BCUT2D eigenvalue weighted by atomic mass is 9.99. The molecule has 1 saturated carbocycles. The number of halogens is 4. The summed E-state index contributed by atoms with van der Waals surface area (Å²) in [7, 11) is 0. The van der Waals surface area contributed by atoms with E-state index in [1.165, 1.54) is 12.1 Å². The van der Waals surface area contributed by atoms with Gasteiger partial charge in [0.25, 0.3) is 0 Å². The standard InChI is InChI=1S/C29H28Cl2F2N2O4/c1-3-21(30)20(22(31)4-2)14-26(38-28(36)15-35-17-34-23-7-5-6-8-24(23)35)19-11-12-25(39-29(32)33)27(13-19)37-16-18-9-10-18/h3-8,11-13,17-18,26,29H,1,9-10,14-16H2,2H3/b21-20+,22-4+/t26-/m0/s1. The van der Waals surface area contributed by atoms with E-state index in [4.69, 9.17) is 32.7 Å². The summed E-state index contributed by atoms with van der Waals surface area (Å²) < 4.78 is 44.2. The predicted molar refractivity (Wildman–Crippen MR) is 147 cm³/mol. The van der Waals surface area contributed by atoms with Gasteiger partial charge in [-0.2, -0.15) is 8.78 Å². The fourth-order valence-electron chi connectivity index (χ4n) is 4.01. The van der Waals surface area contributed by atoms with Gasteiger partial charge in [0.2, 0.25) is 0 Å². The van der Waals surface area contributed by atoms with Gasteiger partial charge in [-0.25, -0.2) is 4.98 Å². The lowest BCUT2D eigenvalue weighted by Gasteiger charge is -2.22. The Morgan fingerprint density at radius 2 is 1.97 bits per heavy atom. The summed E-state index contributed by atoms with van der Waals surface area (Å²) in [4.78, 5) is 17.5. The van der Waals surface area contributed by atoms with Gasteiger partial charge in [0.05, 0.1) is 24.0 Å². The monoisotopic (exact) mass is 576 g/mol. The minimum Gasteiger partial charge on any atom is -0.489 e. The third-order valence-electron chi connectivity index (χ3n) is 6.23. The smallest absolute Gasteiger partial charge is 0.387 e. The van der Waals surface area contributed by atoms with Gasteiger partial charge in [-0.1, -0.05) is 60.1 Å². The largest absolute Gasteiger partial charge is 0.489 e. The summed E-state index contributed by atoms with van der Waals surface area (Å²) in [5, 5.41) is 0.659. The summed E-state index contributed by atoms with van der Waals surface area (Å²) in [6, 6.07) is 11.9. The number of nitrogens with zero attached hydrogens (tertiary/aromatic N) is 2. The van der Waals surface area contributed by atoms with Gasteiger partial charge in [0, 0.05) is 16.5 Å². The molecule has 6 nitrogen and oxygen atoms in total. The molecule has 0 amide bonds. The van der Waals surface area contributed by atoms with Gasteiger partial charge >= 0.3 is 12.6 Å². The van der Waals surface area contributed by atoms with E-state index in [-0.39, 0.29) is 24.5 Å². The molecule has 1 fully saturated rings. The number of rotatable bonds is 13. The molecule has 1 atom stereocenters. The molecular formula is C29H28Cl2F2N2O4. The normalized spacial score (nSPS) is 15.2. The van der Waals surface area contributed by atoms with Crippen molar-refractivity contribution in [2.45, 2.75) is 45.4 Å². The van der Waals surface area contributed by atoms with E-state index in [9.17, 15) is 13.6 Å². The molecule has 1 heterocycles. The number of ether oxygens (including phenoxy) is 3. The lowest BCUT2D eigenvalue weighted by molar-refractivity contribution is -0.150. The van der Waals surface area contributed by atoms with Crippen LogP contribution in [0.4, 0.5) is 8.78 Å². The van der Waals surface area contributed by atoms with Crippen molar-refractivity contribution in [3.63, 3.8) is 0 Å². The Bertz CT molecular complexity index is 1400. The number of aromatic nitrogens is 2. The van der Waals surface area contributed by atoms with E-state index in [1.807, 2.05) is 24.3 Å². The van der Waals surface area contributed by atoms with Crippen molar-refractivity contribution >= 4 is 40.2 Å². The Labute approximate surface area is 235 Å². The van der Waals surface area contributed by atoms with Crippen molar-refractivity contribution in [1.29, 1.82) is 0 Å². The second-order valence-electron chi connectivity index (χ2n) is 9.05. The Hall–Kier alpha value is -3.36. The molecule has 0 spiro atoms. The number of esters is 1. The topological polar surface area (TPSA) is 62.6 Å². The zero-order chi connectivity index (χ0) is 27.9. The number of hydrogen-bond donors (Lipinski definition) is 0. The second kappa shape index (κ2) is 13.1. The predicted octanol–water partition coefficient (Wildman–Crippen LogP) is 7.92. The third kappa shape index (κ3) is 7.61. The third-order valence-corrected chi connectivity index (χ3v) is 7.06. The quantitative estimate of drug-likeness (QED) is 0.153. The lowest BCUT2D eigenvalue weighted by Crippen LogP contribution is -2.18. The van der Waals surface area contributed by atoms with Crippen LogP contribution in [0.15, 0.2) is 83.2 Å². The second-order valence-corrected chi connectivity index (χ2v) is 9.86. The minimum absolute atomic E-state index is 0.0970. The minimum atomic E-state index is -3.02. The molecule has 1 aliphatic carbocycles. The van der Waals surface area contributed by atoms with Gasteiger partial charge in [-0.15, -0.1) is 0 Å². The molecule has 39 heavy (non-hydrogen) atoms. The summed E-state index contributed by atoms with van der Waals surface area (Å²) in [6.45, 7) is 2.72. The average Bonchev–Trinajstić information content (AvgIpc) is 3.68. The number of carbonyl (C=O) groups excluding carboxylic acids is 1. The Morgan fingerprint density at radius 1 is 1.21 bits per heavy atom. The Kier molecular flexibility index (Phi) is 9.64. The fraction of sp³-hybridized carbons (Fsp3) is 0.310. The van der Waals surface area contributed by atoms with Gasteiger partial charge in [0.1, 0.15) is 12.6 Å². The van der Waals surface area contributed by atoms with Crippen LogP contribution in [0, 0.1) is 5.92 Å². The zero-order valence-corrected chi connectivity index (χ0v) is 22.8. The molecule has 206 valence electrons. The van der Waals surface area contributed by atoms with Gasteiger partial charge < -0.3 is 18.8 Å². The molecule has 10 heteroatoms. The number of hydrogen-bond acceptors (Lipinski definition) is 5. The highest BCUT2D eigenvalue weighted by molar-refractivity contribution is 6.36. The van der Waals surface area contributed by atoms with Crippen LogP contribution >= 0.6 is 23.2 Å². The van der Waals surface area contributed by atoms with Crippen molar-refractivity contribution in [3.8, 4) is 11.5 Å². The van der Waals surface area contributed by atoms with E-state index in [0.29, 0.717) is 33.7 Å².